The number of anilines is 2. The molecule has 0 bridgehead atoms. The van der Waals surface area contributed by atoms with Gasteiger partial charge in [0.15, 0.2) is 0 Å². The van der Waals surface area contributed by atoms with Gasteiger partial charge in [0, 0.05) is 24.7 Å². The van der Waals surface area contributed by atoms with Gasteiger partial charge in [0.25, 0.3) is 5.91 Å². The highest BCUT2D eigenvalue weighted by atomic mass is 19.4. The van der Waals surface area contributed by atoms with Gasteiger partial charge in [-0.05, 0) is 64.0 Å². The van der Waals surface area contributed by atoms with E-state index in [2.05, 4.69) is 45.2 Å². The molecule has 2 aromatic rings. The smallest absolute Gasteiger partial charge is 0.419 e. The normalized spacial score (nSPS) is 16.3. The molecule has 0 radical (unpaired) electrons. The van der Waals surface area contributed by atoms with E-state index < -0.39 is 11.7 Å². The summed E-state index contributed by atoms with van der Waals surface area (Å²) in [7, 11) is 3.49. The molecule has 9 nitrogen and oxygen atoms in total. The Morgan fingerprint density at radius 2 is 1.74 bits per heavy atom. The van der Waals surface area contributed by atoms with E-state index in [-0.39, 0.29) is 29.5 Å². The van der Waals surface area contributed by atoms with Crippen LogP contribution in [0.2, 0.25) is 0 Å². The monoisotopic (exact) mass is 594 g/mol. The molecule has 1 saturated heterocycles. The summed E-state index contributed by atoms with van der Waals surface area (Å²) in [6.07, 6.45) is 6.94. The largest absolute Gasteiger partial charge is 0.495 e. The molecule has 2 amide bonds. The van der Waals surface area contributed by atoms with Crippen molar-refractivity contribution in [1.29, 1.82) is 0 Å². The van der Waals surface area contributed by atoms with E-state index in [1.54, 1.807) is 18.2 Å². The number of rotatable bonds is 6. The van der Waals surface area contributed by atoms with Crippen LogP contribution in [-0.2, 0) is 11.0 Å². The van der Waals surface area contributed by atoms with Crippen LogP contribution >= 0.6 is 0 Å². The molecule has 42 heavy (non-hydrogen) atoms. The number of nitrogens with two attached hydrogens (primary N) is 1. The number of aromatic nitrogens is 2. The van der Waals surface area contributed by atoms with Crippen LogP contribution in [0, 0.1) is 12.8 Å². The van der Waals surface area contributed by atoms with E-state index in [1.165, 1.54) is 59.5 Å². The Balaban J connectivity index is 0.000000427. The number of likely N-dealkylation sites (tertiary alicyclic amines) is 1. The van der Waals surface area contributed by atoms with Crippen LogP contribution in [0.3, 0.4) is 0 Å². The molecule has 4 rings (SSSR count). The molecule has 0 spiro atoms. The lowest BCUT2D eigenvalue weighted by molar-refractivity contribution is -0.138. The first kappa shape index (κ1) is 34.8. The minimum atomic E-state index is -4.51. The Labute approximate surface area is 246 Å². The number of carbonyl (C=O) groups excluding carboxylic acids is 2. The summed E-state index contributed by atoms with van der Waals surface area (Å²) in [4.78, 5) is 31.6. The number of hydrogen-bond donors (Lipinski definition) is 3. The second-order valence-corrected chi connectivity index (χ2v) is 10.8. The molecule has 0 atom stereocenters. The fourth-order valence-electron chi connectivity index (χ4n) is 4.88. The van der Waals surface area contributed by atoms with Crippen LogP contribution in [0.15, 0.2) is 24.4 Å². The molecule has 1 aromatic heterocycles. The van der Waals surface area contributed by atoms with Gasteiger partial charge in [-0.25, -0.2) is 9.97 Å². The van der Waals surface area contributed by atoms with Gasteiger partial charge >= 0.3 is 6.18 Å². The third kappa shape index (κ3) is 11.8. The van der Waals surface area contributed by atoms with E-state index in [0.717, 1.165) is 38.0 Å². The summed E-state index contributed by atoms with van der Waals surface area (Å²) in [6.45, 7) is 6.76. The molecule has 2 fully saturated rings. The summed E-state index contributed by atoms with van der Waals surface area (Å²) in [5.74, 6) is 0.911. The number of carbonyl (C=O) groups is 2. The third-order valence-electron chi connectivity index (χ3n) is 7.35. The zero-order valence-electron chi connectivity index (χ0n) is 25.3. The van der Waals surface area contributed by atoms with Crippen molar-refractivity contribution in [3.63, 3.8) is 0 Å². The van der Waals surface area contributed by atoms with Crippen molar-refractivity contribution in [3.05, 3.63) is 41.2 Å². The highest BCUT2D eigenvalue weighted by Crippen LogP contribution is 2.32. The lowest BCUT2D eigenvalue weighted by atomic mass is 9.88. The highest BCUT2D eigenvalue weighted by molar-refractivity contribution is 5.95. The van der Waals surface area contributed by atoms with Gasteiger partial charge in [-0.1, -0.05) is 45.4 Å². The number of piperidine rings is 1. The second kappa shape index (κ2) is 16.9. The van der Waals surface area contributed by atoms with E-state index in [4.69, 9.17) is 4.74 Å². The molecule has 12 heteroatoms. The van der Waals surface area contributed by atoms with E-state index in [9.17, 15) is 22.8 Å². The number of nitrogens with one attached hydrogen (secondary N) is 2. The zero-order valence-corrected chi connectivity index (χ0v) is 25.3. The summed E-state index contributed by atoms with van der Waals surface area (Å²) in [5.41, 5.74) is 4.27. The summed E-state index contributed by atoms with van der Waals surface area (Å²) in [5, 5.41) is 5.87. The van der Waals surface area contributed by atoms with E-state index >= 15 is 0 Å². The molecule has 234 valence electrons. The first-order chi connectivity index (χ1) is 19.8. The predicted octanol–water partition coefficient (Wildman–Crippen LogP) is 5.85. The molecule has 1 aliphatic carbocycles. The molecule has 2 heterocycles. The molecule has 1 aliphatic heterocycles. The fourth-order valence-corrected chi connectivity index (χ4v) is 4.88. The standard InChI is InChI=1S/C20H24F3N5O2.C8H16.C2H5NO/c1-12-15(20(21,22)23)11-24-19(25-12)27-16-5-4-13(10-17(16)30-3)18(29)26-14-6-8-28(2)9-7-14;1-2-8-6-4-3-5-7-8;1-2(3)4/h4-5,10-11,14H,6-9H2,1-3H3,(H,26,29)(H,24,25,27);8H,2-7H2,1H3;1H3,(H2,3,4). The van der Waals surface area contributed by atoms with Crippen LogP contribution in [0.5, 0.6) is 5.75 Å². The van der Waals surface area contributed by atoms with Crippen molar-refractivity contribution in [1.82, 2.24) is 20.2 Å². The maximum Gasteiger partial charge on any atom is 0.419 e. The molecule has 0 unspecified atom stereocenters. The number of ether oxygens (including phenoxy) is 1. The topological polar surface area (TPSA) is 122 Å². The molecular formula is C30H45F3N6O3. The van der Waals surface area contributed by atoms with Crippen LogP contribution in [-0.4, -0.2) is 60.0 Å². The number of nitrogens with zero attached hydrogens (tertiary/aromatic N) is 3. The molecular weight excluding hydrogens is 549 g/mol. The number of amides is 2. The second-order valence-electron chi connectivity index (χ2n) is 10.8. The number of halogens is 3. The lowest BCUT2D eigenvalue weighted by Crippen LogP contribution is -2.43. The van der Waals surface area contributed by atoms with Gasteiger partial charge in [-0.3, -0.25) is 9.59 Å². The quantitative estimate of drug-likeness (QED) is 0.384. The van der Waals surface area contributed by atoms with E-state index in [0.29, 0.717) is 17.0 Å². The minimum absolute atomic E-state index is 0.00215. The van der Waals surface area contributed by atoms with Crippen molar-refractivity contribution < 1.29 is 27.5 Å². The molecule has 2 aliphatic rings. The van der Waals surface area contributed by atoms with Gasteiger partial charge in [-0.15, -0.1) is 0 Å². The maximum atomic E-state index is 12.9. The van der Waals surface area contributed by atoms with Crippen molar-refractivity contribution in [3.8, 4) is 5.75 Å². The molecule has 1 aromatic carbocycles. The van der Waals surface area contributed by atoms with Gasteiger partial charge in [0.05, 0.1) is 24.1 Å². The molecule has 1 saturated carbocycles. The minimum Gasteiger partial charge on any atom is -0.495 e. The average molecular weight is 595 g/mol. The average Bonchev–Trinajstić information content (AvgIpc) is 2.94. The van der Waals surface area contributed by atoms with Gasteiger partial charge in [0.2, 0.25) is 11.9 Å². The van der Waals surface area contributed by atoms with Gasteiger partial charge < -0.3 is 26.0 Å². The zero-order chi connectivity index (χ0) is 31.3. The summed E-state index contributed by atoms with van der Waals surface area (Å²) in [6, 6.07) is 4.93. The van der Waals surface area contributed by atoms with Crippen LogP contribution < -0.4 is 21.1 Å². The third-order valence-corrected chi connectivity index (χ3v) is 7.35. The Morgan fingerprint density at radius 3 is 2.24 bits per heavy atom. The summed E-state index contributed by atoms with van der Waals surface area (Å²) < 4.78 is 44.0. The van der Waals surface area contributed by atoms with Crippen LogP contribution in [0.1, 0.15) is 86.8 Å². The SMILES string of the molecule is CC(N)=O.CCC1CCCCC1.COc1cc(C(=O)NC2CCN(C)CC2)ccc1Nc1ncc(C(F)(F)F)c(C)n1. The maximum absolute atomic E-state index is 12.9. The fraction of sp³-hybridized carbons (Fsp3) is 0.600. The molecule has 4 N–H and O–H groups in total. The number of primary amides is 1. The number of aryl methyl sites for hydroxylation is 1. The van der Waals surface area contributed by atoms with Gasteiger partial charge in [0.1, 0.15) is 5.75 Å². The lowest BCUT2D eigenvalue weighted by Gasteiger charge is -2.29. The number of alkyl halides is 3. The Hall–Kier alpha value is -3.41. The Kier molecular flexibility index (Phi) is 14.0. The Bertz CT molecular complexity index is 1140. The predicted molar refractivity (Wildman–Crippen MR) is 158 cm³/mol. The first-order valence-corrected chi connectivity index (χ1v) is 14.4. The van der Waals surface area contributed by atoms with Crippen molar-refractivity contribution >= 4 is 23.5 Å². The van der Waals surface area contributed by atoms with Crippen molar-refractivity contribution in [2.75, 3.05) is 32.6 Å². The highest BCUT2D eigenvalue weighted by Gasteiger charge is 2.33. The van der Waals surface area contributed by atoms with E-state index in [1.807, 2.05) is 0 Å². The summed E-state index contributed by atoms with van der Waals surface area (Å²) >= 11 is 0. The van der Waals surface area contributed by atoms with Crippen LogP contribution in [0.25, 0.3) is 0 Å². The van der Waals surface area contributed by atoms with Crippen molar-refractivity contribution in [2.24, 2.45) is 11.7 Å². The number of methoxy groups -OCH3 is 1. The Morgan fingerprint density at radius 1 is 1.12 bits per heavy atom. The number of benzene rings is 1. The van der Waals surface area contributed by atoms with Crippen molar-refractivity contribution in [2.45, 2.75) is 84.4 Å². The van der Waals surface area contributed by atoms with Crippen LogP contribution in [0.4, 0.5) is 24.8 Å². The first-order valence-electron chi connectivity index (χ1n) is 14.4. The number of hydrogen-bond acceptors (Lipinski definition) is 7. The van der Waals surface area contributed by atoms with Gasteiger partial charge in [-0.2, -0.15) is 13.2 Å².